The Hall–Kier alpha value is -0.830. The predicted molar refractivity (Wildman–Crippen MR) is 59.1 cm³/mol. The van der Waals surface area contributed by atoms with Crippen LogP contribution in [0.4, 0.5) is 0 Å². The van der Waals surface area contributed by atoms with Crippen LogP contribution in [0.15, 0.2) is 12.4 Å². The van der Waals surface area contributed by atoms with Gasteiger partial charge < -0.3 is 10.3 Å². The standard InChI is InChI=1S/C11H21N3/c1-4-6-9(3)14-10(5-2)11-12-7-8-13-11/h7-10,14H,4-6H2,1-3H3,(H,12,13). The quantitative estimate of drug-likeness (QED) is 0.732. The zero-order valence-corrected chi connectivity index (χ0v) is 9.38. The molecular weight excluding hydrogens is 174 g/mol. The Balaban J connectivity index is 2.47. The summed E-state index contributed by atoms with van der Waals surface area (Å²) in [6.45, 7) is 6.62. The van der Waals surface area contributed by atoms with Crippen molar-refractivity contribution in [2.24, 2.45) is 0 Å². The van der Waals surface area contributed by atoms with Crippen LogP contribution in [0.2, 0.25) is 0 Å². The number of aromatic nitrogens is 2. The van der Waals surface area contributed by atoms with Gasteiger partial charge in [-0.05, 0) is 19.8 Å². The van der Waals surface area contributed by atoms with Gasteiger partial charge >= 0.3 is 0 Å². The van der Waals surface area contributed by atoms with Crippen LogP contribution in [0.25, 0.3) is 0 Å². The number of H-pyrrole nitrogens is 1. The molecule has 0 fully saturated rings. The molecule has 0 aliphatic rings. The fourth-order valence-electron chi connectivity index (χ4n) is 1.72. The number of rotatable bonds is 6. The lowest BCUT2D eigenvalue weighted by Crippen LogP contribution is -2.30. The van der Waals surface area contributed by atoms with Crippen molar-refractivity contribution in [1.82, 2.24) is 15.3 Å². The Morgan fingerprint density at radius 1 is 1.50 bits per heavy atom. The zero-order chi connectivity index (χ0) is 10.4. The highest BCUT2D eigenvalue weighted by Crippen LogP contribution is 2.13. The molecular formula is C11H21N3. The first kappa shape index (κ1) is 11.2. The third-order valence-electron chi connectivity index (χ3n) is 2.47. The molecule has 0 spiro atoms. The molecule has 0 aromatic carbocycles. The number of imidazole rings is 1. The van der Waals surface area contributed by atoms with Gasteiger partial charge in [0.2, 0.25) is 0 Å². The molecule has 0 radical (unpaired) electrons. The van der Waals surface area contributed by atoms with E-state index in [1.807, 2.05) is 12.4 Å². The topological polar surface area (TPSA) is 40.7 Å². The molecule has 1 rings (SSSR count). The van der Waals surface area contributed by atoms with Crippen molar-refractivity contribution in [1.29, 1.82) is 0 Å². The summed E-state index contributed by atoms with van der Waals surface area (Å²) in [5, 5.41) is 3.58. The lowest BCUT2D eigenvalue weighted by molar-refractivity contribution is 0.413. The molecule has 0 amide bonds. The van der Waals surface area contributed by atoms with Crippen molar-refractivity contribution in [3.63, 3.8) is 0 Å². The minimum absolute atomic E-state index is 0.367. The van der Waals surface area contributed by atoms with Gasteiger partial charge in [-0.3, -0.25) is 0 Å². The SMILES string of the molecule is CCCC(C)NC(CC)c1ncc[nH]1. The van der Waals surface area contributed by atoms with Gasteiger partial charge in [-0.1, -0.05) is 20.3 Å². The Morgan fingerprint density at radius 3 is 2.79 bits per heavy atom. The van der Waals surface area contributed by atoms with Crippen LogP contribution >= 0.6 is 0 Å². The Morgan fingerprint density at radius 2 is 2.29 bits per heavy atom. The lowest BCUT2D eigenvalue weighted by atomic mass is 10.1. The summed E-state index contributed by atoms with van der Waals surface area (Å²) in [7, 11) is 0. The number of hydrogen-bond acceptors (Lipinski definition) is 2. The summed E-state index contributed by atoms with van der Waals surface area (Å²) in [5.41, 5.74) is 0. The molecule has 3 nitrogen and oxygen atoms in total. The third-order valence-corrected chi connectivity index (χ3v) is 2.47. The molecule has 2 N–H and O–H groups in total. The summed E-state index contributed by atoms with van der Waals surface area (Å²) in [4.78, 5) is 7.44. The van der Waals surface area contributed by atoms with Crippen LogP contribution in [-0.4, -0.2) is 16.0 Å². The van der Waals surface area contributed by atoms with Gasteiger partial charge in [0.25, 0.3) is 0 Å². The third kappa shape index (κ3) is 3.14. The van der Waals surface area contributed by atoms with Gasteiger partial charge in [0, 0.05) is 18.4 Å². The van der Waals surface area contributed by atoms with E-state index in [9.17, 15) is 0 Å². The Kier molecular flexibility index (Phi) is 4.66. The van der Waals surface area contributed by atoms with E-state index < -0.39 is 0 Å². The van der Waals surface area contributed by atoms with Crippen molar-refractivity contribution >= 4 is 0 Å². The van der Waals surface area contributed by atoms with Crippen LogP contribution in [-0.2, 0) is 0 Å². The molecule has 0 saturated carbocycles. The molecule has 1 aromatic heterocycles. The summed E-state index contributed by atoms with van der Waals surface area (Å²) in [6.07, 6.45) is 7.20. The van der Waals surface area contributed by atoms with E-state index in [0.717, 1.165) is 12.2 Å². The van der Waals surface area contributed by atoms with E-state index in [0.29, 0.717) is 12.1 Å². The van der Waals surface area contributed by atoms with Crippen LogP contribution < -0.4 is 5.32 Å². The molecule has 0 aliphatic carbocycles. The molecule has 2 unspecified atom stereocenters. The Labute approximate surface area is 86.3 Å². The maximum absolute atomic E-state index is 4.28. The van der Waals surface area contributed by atoms with Crippen LogP contribution in [0.1, 0.15) is 51.9 Å². The van der Waals surface area contributed by atoms with Crippen LogP contribution in [0.5, 0.6) is 0 Å². The molecule has 1 aromatic rings. The van der Waals surface area contributed by atoms with Crippen molar-refractivity contribution in [2.75, 3.05) is 0 Å². The number of nitrogens with zero attached hydrogens (tertiary/aromatic N) is 1. The highest BCUT2D eigenvalue weighted by atomic mass is 15.0. The predicted octanol–water partition coefficient (Wildman–Crippen LogP) is 2.64. The first-order valence-corrected chi connectivity index (χ1v) is 5.53. The van der Waals surface area contributed by atoms with Gasteiger partial charge in [0.15, 0.2) is 0 Å². The second-order valence-corrected chi connectivity index (χ2v) is 3.79. The van der Waals surface area contributed by atoms with Crippen molar-refractivity contribution in [3.05, 3.63) is 18.2 Å². The molecule has 14 heavy (non-hydrogen) atoms. The van der Waals surface area contributed by atoms with Gasteiger partial charge in [-0.15, -0.1) is 0 Å². The zero-order valence-electron chi connectivity index (χ0n) is 9.38. The van der Waals surface area contributed by atoms with E-state index in [1.54, 1.807) is 0 Å². The molecule has 3 heteroatoms. The van der Waals surface area contributed by atoms with Gasteiger partial charge in [0.1, 0.15) is 5.82 Å². The second kappa shape index (κ2) is 5.81. The fraction of sp³-hybridized carbons (Fsp3) is 0.727. The summed E-state index contributed by atoms with van der Waals surface area (Å²) in [5.74, 6) is 1.05. The summed E-state index contributed by atoms with van der Waals surface area (Å²) in [6, 6.07) is 0.932. The molecule has 0 bridgehead atoms. The lowest BCUT2D eigenvalue weighted by Gasteiger charge is -2.20. The van der Waals surface area contributed by atoms with E-state index in [2.05, 4.69) is 36.1 Å². The average Bonchev–Trinajstić information content (AvgIpc) is 2.67. The van der Waals surface area contributed by atoms with E-state index in [-0.39, 0.29) is 0 Å². The normalized spacial score (nSPS) is 15.4. The highest BCUT2D eigenvalue weighted by Gasteiger charge is 2.13. The van der Waals surface area contributed by atoms with Crippen molar-refractivity contribution in [3.8, 4) is 0 Å². The van der Waals surface area contributed by atoms with E-state index in [4.69, 9.17) is 0 Å². The molecule has 2 atom stereocenters. The fourth-order valence-corrected chi connectivity index (χ4v) is 1.72. The number of nitrogens with one attached hydrogen (secondary N) is 2. The second-order valence-electron chi connectivity index (χ2n) is 3.79. The minimum Gasteiger partial charge on any atom is -0.347 e. The molecule has 1 heterocycles. The summed E-state index contributed by atoms with van der Waals surface area (Å²) < 4.78 is 0. The van der Waals surface area contributed by atoms with Crippen LogP contribution in [0, 0.1) is 0 Å². The minimum atomic E-state index is 0.367. The first-order valence-electron chi connectivity index (χ1n) is 5.53. The number of hydrogen-bond donors (Lipinski definition) is 2. The maximum atomic E-state index is 4.28. The first-order chi connectivity index (χ1) is 6.77. The van der Waals surface area contributed by atoms with Gasteiger partial charge in [-0.25, -0.2) is 4.98 Å². The van der Waals surface area contributed by atoms with Crippen LogP contribution in [0.3, 0.4) is 0 Å². The van der Waals surface area contributed by atoms with Crippen molar-refractivity contribution in [2.45, 2.75) is 52.1 Å². The smallest absolute Gasteiger partial charge is 0.123 e. The largest absolute Gasteiger partial charge is 0.347 e. The maximum Gasteiger partial charge on any atom is 0.123 e. The van der Waals surface area contributed by atoms with E-state index in [1.165, 1.54) is 12.8 Å². The molecule has 80 valence electrons. The highest BCUT2D eigenvalue weighted by molar-refractivity contribution is 4.95. The Bertz CT molecular complexity index is 231. The summed E-state index contributed by atoms with van der Waals surface area (Å²) >= 11 is 0. The van der Waals surface area contributed by atoms with E-state index >= 15 is 0 Å². The molecule has 0 aliphatic heterocycles. The monoisotopic (exact) mass is 195 g/mol. The van der Waals surface area contributed by atoms with Crippen molar-refractivity contribution < 1.29 is 0 Å². The van der Waals surface area contributed by atoms with Gasteiger partial charge in [0.05, 0.1) is 6.04 Å². The van der Waals surface area contributed by atoms with Gasteiger partial charge in [-0.2, -0.15) is 0 Å². The molecule has 0 saturated heterocycles. The average molecular weight is 195 g/mol. The number of aromatic amines is 1.